The molecule has 0 bridgehead atoms. The third kappa shape index (κ3) is 4.24. The number of nitrogens with zero attached hydrogens (tertiary/aromatic N) is 1. The minimum atomic E-state index is -4.09. The Labute approximate surface area is 186 Å². The van der Waals surface area contributed by atoms with Crippen molar-refractivity contribution in [1.29, 1.82) is 0 Å². The SMILES string of the molecule is COc1cc(Cl)ccc1S(=O)(=O)NC(c1n[nH]c(=O)o1)C(C)c1csc2ccccc12. The van der Waals surface area contributed by atoms with Crippen LogP contribution in [0, 0.1) is 0 Å². The van der Waals surface area contributed by atoms with E-state index < -0.39 is 27.7 Å². The summed E-state index contributed by atoms with van der Waals surface area (Å²) in [5.41, 5.74) is 0.905. The molecular weight excluding hydrogens is 462 g/mol. The van der Waals surface area contributed by atoms with Crippen molar-refractivity contribution in [3.8, 4) is 5.75 Å². The first-order chi connectivity index (χ1) is 14.8. The smallest absolute Gasteiger partial charge is 0.434 e. The van der Waals surface area contributed by atoms with Crippen LogP contribution in [0.15, 0.2) is 62.0 Å². The Morgan fingerprint density at radius 1 is 1.26 bits per heavy atom. The van der Waals surface area contributed by atoms with Crippen LogP contribution in [0.5, 0.6) is 5.75 Å². The molecule has 11 heteroatoms. The van der Waals surface area contributed by atoms with Gasteiger partial charge >= 0.3 is 5.76 Å². The Kier molecular flexibility index (Phi) is 5.89. The highest BCUT2D eigenvalue weighted by Gasteiger charge is 2.33. The van der Waals surface area contributed by atoms with Crippen molar-refractivity contribution in [2.45, 2.75) is 23.8 Å². The maximum absolute atomic E-state index is 13.3. The van der Waals surface area contributed by atoms with E-state index in [4.69, 9.17) is 20.8 Å². The van der Waals surface area contributed by atoms with E-state index in [9.17, 15) is 13.2 Å². The Hall–Kier alpha value is -2.66. The van der Waals surface area contributed by atoms with Gasteiger partial charge in [0, 0.05) is 21.7 Å². The lowest BCUT2D eigenvalue weighted by molar-refractivity contribution is 0.380. The van der Waals surface area contributed by atoms with Crippen LogP contribution in [0.25, 0.3) is 10.1 Å². The molecule has 31 heavy (non-hydrogen) atoms. The normalized spacial score (nSPS) is 13.9. The molecule has 0 spiro atoms. The highest BCUT2D eigenvalue weighted by molar-refractivity contribution is 7.89. The zero-order valence-electron chi connectivity index (χ0n) is 16.5. The average molecular weight is 480 g/mol. The molecule has 2 aromatic heterocycles. The second-order valence-electron chi connectivity index (χ2n) is 6.82. The summed E-state index contributed by atoms with van der Waals surface area (Å²) in [6.07, 6.45) is 0. The Bertz CT molecular complexity index is 1390. The molecular formula is C20H18ClN3O5S2. The molecule has 0 aliphatic rings. The van der Waals surface area contributed by atoms with Crippen LogP contribution < -0.4 is 15.2 Å². The van der Waals surface area contributed by atoms with Gasteiger partial charge in [0.15, 0.2) is 0 Å². The average Bonchev–Trinajstić information content (AvgIpc) is 3.37. The highest BCUT2D eigenvalue weighted by Crippen LogP contribution is 2.38. The van der Waals surface area contributed by atoms with Crippen molar-refractivity contribution in [1.82, 2.24) is 14.9 Å². The minimum Gasteiger partial charge on any atom is -0.495 e. The Morgan fingerprint density at radius 3 is 2.74 bits per heavy atom. The number of H-pyrrole nitrogens is 1. The Morgan fingerprint density at radius 2 is 2.03 bits per heavy atom. The summed E-state index contributed by atoms with van der Waals surface area (Å²) in [6.45, 7) is 1.84. The van der Waals surface area contributed by atoms with Gasteiger partial charge in [0.1, 0.15) is 16.7 Å². The first-order valence-corrected chi connectivity index (χ1v) is 11.9. The van der Waals surface area contributed by atoms with E-state index in [0.717, 1.165) is 15.6 Å². The van der Waals surface area contributed by atoms with E-state index in [-0.39, 0.29) is 16.5 Å². The zero-order chi connectivity index (χ0) is 22.2. The third-order valence-electron chi connectivity index (χ3n) is 4.92. The van der Waals surface area contributed by atoms with Crippen LogP contribution in [-0.2, 0) is 10.0 Å². The molecule has 0 aliphatic carbocycles. The van der Waals surface area contributed by atoms with Gasteiger partial charge in [0.25, 0.3) is 0 Å². The predicted molar refractivity (Wildman–Crippen MR) is 118 cm³/mol. The van der Waals surface area contributed by atoms with E-state index in [2.05, 4.69) is 14.9 Å². The number of methoxy groups -OCH3 is 1. The molecule has 8 nitrogen and oxygen atoms in total. The van der Waals surface area contributed by atoms with Gasteiger partial charge in [-0.05, 0) is 34.5 Å². The lowest BCUT2D eigenvalue weighted by Gasteiger charge is -2.22. The molecule has 0 fully saturated rings. The van der Waals surface area contributed by atoms with Gasteiger partial charge in [-0.15, -0.1) is 16.4 Å². The number of fused-ring (bicyclic) bond motifs is 1. The largest absolute Gasteiger partial charge is 0.495 e. The van der Waals surface area contributed by atoms with Crippen molar-refractivity contribution in [2.75, 3.05) is 7.11 Å². The molecule has 4 rings (SSSR count). The number of aromatic nitrogens is 2. The summed E-state index contributed by atoms with van der Waals surface area (Å²) >= 11 is 7.52. The van der Waals surface area contributed by atoms with E-state index in [1.54, 1.807) is 11.3 Å². The quantitative estimate of drug-likeness (QED) is 0.413. The summed E-state index contributed by atoms with van der Waals surface area (Å²) in [4.78, 5) is 11.5. The number of hydrogen-bond acceptors (Lipinski definition) is 7. The number of aromatic amines is 1. The van der Waals surface area contributed by atoms with Gasteiger partial charge in [-0.2, -0.15) is 4.72 Å². The monoisotopic (exact) mass is 479 g/mol. The van der Waals surface area contributed by atoms with Crippen molar-refractivity contribution in [3.63, 3.8) is 0 Å². The number of benzene rings is 2. The molecule has 2 atom stereocenters. The first-order valence-electron chi connectivity index (χ1n) is 9.17. The standard InChI is InChI=1S/C20H18ClN3O5S2/c1-11(14-10-30-16-6-4-3-5-13(14)16)18(19-22-23-20(25)29-19)24-31(26,27)17-8-7-12(21)9-15(17)28-2/h3-11,18,24H,1-2H3,(H,23,25). The topological polar surface area (TPSA) is 114 Å². The van der Waals surface area contributed by atoms with Gasteiger partial charge in [0.2, 0.25) is 15.9 Å². The predicted octanol–water partition coefficient (Wildman–Crippen LogP) is 4.06. The van der Waals surface area contributed by atoms with Gasteiger partial charge in [-0.3, -0.25) is 0 Å². The van der Waals surface area contributed by atoms with Gasteiger partial charge < -0.3 is 9.15 Å². The van der Waals surface area contributed by atoms with Crippen LogP contribution in [0.2, 0.25) is 5.02 Å². The number of nitrogens with one attached hydrogen (secondary N) is 2. The van der Waals surface area contributed by atoms with Gasteiger partial charge in [-0.25, -0.2) is 18.3 Å². The van der Waals surface area contributed by atoms with Crippen molar-refractivity contribution < 1.29 is 17.6 Å². The molecule has 162 valence electrons. The second kappa shape index (κ2) is 8.46. The molecule has 0 saturated carbocycles. The lowest BCUT2D eigenvalue weighted by Crippen LogP contribution is -2.32. The lowest BCUT2D eigenvalue weighted by atomic mass is 9.93. The maximum atomic E-state index is 13.3. The van der Waals surface area contributed by atoms with Crippen LogP contribution in [0.4, 0.5) is 0 Å². The fraction of sp³-hybridized carbons (Fsp3) is 0.200. The van der Waals surface area contributed by atoms with Crippen LogP contribution in [0.3, 0.4) is 0 Å². The molecule has 0 saturated heterocycles. The summed E-state index contributed by atoms with van der Waals surface area (Å²) in [7, 11) is -2.74. The molecule has 2 heterocycles. The number of hydrogen-bond donors (Lipinski definition) is 2. The number of ether oxygens (including phenoxy) is 1. The van der Waals surface area contributed by atoms with Gasteiger partial charge in [0.05, 0.1) is 7.11 Å². The number of thiophene rings is 1. The molecule has 2 unspecified atom stereocenters. The molecule has 2 aromatic carbocycles. The molecule has 4 aromatic rings. The van der Waals surface area contributed by atoms with Gasteiger partial charge in [-0.1, -0.05) is 36.7 Å². The number of halogens is 1. The maximum Gasteiger partial charge on any atom is 0.434 e. The second-order valence-corrected chi connectivity index (χ2v) is 9.85. The van der Waals surface area contributed by atoms with E-state index in [1.807, 2.05) is 36.6 Å². The molecule has 0 aliphatic heterocycles. The summed E-state index contributed by atoms with van der Waals surface area (Å²) in [6, 6.07) is 11.1. The molecule has 2 N–H and O–H groups in total. The van der Waals surface area contributed by atoms with Crippen LogP contribution in [-0.4, -0.2) is 25.7 Å². The van der Waals surface area contributed by atoms with E-state index >= 15 is 0 Å². The van der Waals surface area contributed by atoms with Crippen molar-refractivity contribution in [2.24, 2.45) is 0 Å². The zero-order valence-corrected chi connectivity index (χ0v) is 18.8. The van der Waals surface area contributed by atoms with E-state index in [1.165, 1.54) is 25.3 Å². The van der Waals surface area contributed by atoms with Crippen LogP contribution >= 0.6 is 22.9 Å². The number of rotatable bonds is 7. The molecule has 0 amide bonds. The number of sulfonamides is 1. The highest BCUT2D eigenvalue weighted by atomic mass is 35.5. The van der Waals surface area contributed by atoms with E-state index in [0.29, 0.717) is 5.02 Å². The van der Waals surface area contributed by atoms with Crippen molar-refractivity contribution >= 4 is 43.0 Å². The Balaban J connectivity index is 1.78. The fourth-order valence-electron chi connectivity index (χ4n) is 3.37. The first kappa shape index (κ1) is 21.6. The molecule has 0 radical (unpaired) electrons. The summed E-state index contributed by atoms with van der Waals surface area (Å²) < 4.78 is 40.5. The minimum absolute atomic E-state index is 0.0655. The van der Waals surface area contributed by atoms with Crippen LogP contribution in [0.1, 0.15) is 30.3 Å². The fourth-order valence-corrected chi connectivity index (χ4v) is 6.01. The summed E-state index contributed by atoms with van der Waals surface area (Å²) in [5, 5.41) is 9.37. The van der Waals surface area contributed by atoms with Crippen molar-refractivity contribution in [3.05, 3.63) is 74.9 Å². The third-order valence-corrected chi connectivity index (χ3v) is 7.62. The summed E-state index contributed by atoms with van der Waals surface area (Å²) in [5.74, 6) is -1.15.